The van der Waals surface area contributed by atoms with Gasteiger partial charge in [0.1, 0.15) is 0 Å². The fourth-order valence-electron chi connectivity index (χ4n) is 1.57. The summed E-state index contributed by atoms with van der Waals surface area (Å²) in [5, 5.41) is 9.87. The Balaban J connectivity index is 2.84. The maximum Gasteiger partial charge on any atom is 0.0957 e. The van der Waals surface area contributed by atoms with Crippen LogP contribution in [0.5, 0.6) is 0 Å². The van der Waals surface area contributed by atoms with Gasteiger partial charge < -0.3 is 5.73 Å². The quantitative estimate of drug-likeness (QED) is 0.671. The Morgan fingerprint density at radius 1 is 1.44 bits per heavy atom. The number of nitriles is 1. The van der Waals surface area contributed by atoms with Crippen molar-refractivity contribution in [3.05, 3.63) is 33.8 Å². The van der Waals surface area contributed by atoms with Gasteiger partial charge in [-0.3, -0.25) is 4.99 Å². The molecule has 5 heteroatoms. The number of benzene rings is 1. The van der Waals surface area contributed by atoms with Gasteiger partial charge in [-0.15, -0.1) is 0 Å². The Morgan fingerprint density at radius 2 is 2.11 bits per heavy atom. The largest absolute Gasteiger partial charge is 0.387 e. The van der Waals surface area contributed by atoms with Crippen LogP contribution in [0.1, 0.15) is 31.9 Å². The van der Waals surface area contributed by atoms with Crippen LogP contribution < -0.4 is 5.73 Å². The zero-order valence-corrected chi connectivity index (χ0v) is 11.8. The van der Waals surface area contributed by atoms with E-state index in [9.17, 15) is 0 Å². The molecule has 1 aromatic carbocycles. The molecule has 0 saturated heterocycles. The van der Waals surface area contributed by atoms with Crippen molar-refractivity contribution in [3.63, 3.8) is 0 Å². The van der Waals surface area contributed by atoms with Gasteiger partial charge in [-0.1, -0.05) is 29.3 Å². The molecule has 0 aliphatic heterocycles. The highest BCUT2D eigenvalue weighted by molar-refractivity contribution is 6.35. The average Bonchev–Trinajstić information content (AvgIpc) is 2.28. The van der Waals surface area contributed by atoms with E-state index in [-0.39, 0.29) is 12.0 Å². The number of halogens is 2. The highest BCUT2D eigenvalue weighted by atomic mass is 35.5. The van der Waals surface area contributed by atoms with Crippen molar-refractivity contribution >= 4 is 29.0 Å². The normalized spacial score (nSPS) is 14.9. The molecular weight excluding hydrogens is 269 g/mol. The molecule has 2 unspecified atom stereocenters. The van der Waals surface area contributed by atoms with Gasteiger partial charge in [0.2, 0.25) is 0 Å². The van der Waals surface area contributed by atoms with Crippen LogP contribution in [0.3, 0.4) is 0 Å². The first-order valence-electron chi connectivity index (χ1n) is 5.60. The molecule has 0 saturated carbocycles. The minimum atomic E-state index is -0.152. The molecule has 96 valence electrons. The van der Waals surface area contributed by atoms with Crippen LogP contribution in [0.25, 0.3) is 0 Å². The maximum absolute atomic E-state index is 8.71. The number of amidine groups is 1. The summed E-state index contributed by atoms with van der Waals surface area (Å²) in [4.78, 5) is 4.34. The fourth-order valence-corrected chi connectivity index (χ4v) is 2.14. The monoisotopic (exact) mass is 283 g/mol. The van der Waals surface area contributed by atoms with Gasteiger partial charge in [0, 0.05) is 16.5 Å². The highest BCUT2D eigenvalue weighted by Crippen LogP contribution is 2.28. The van der Waals surface area contributed by atoms with Crippen molar-refractivity contribution in [1.82, 2.24) is 0 Å². The van der Waals surface area contributed by atoms with E-state index >= 15 is 0 Å². The van der Waals surface area contributed by atoms with Crippen LogP contribution in [-0.4, -0.2) is 5.84 Å². The first-order chi connectivity index (χ1) is 8.43. The third-order valence-corrected chi connectivity index (χ3v) is 3.07. The Bertz CT molecular complexity index is 491. The Morgan fingerprint density at radius 3 is 2.67 bits per heavy atom. The number of nitrogens with zero attached hydrogens (tertiary/aromatic N) is 2. The molecule has 0 fully saturated rings. The highest BCUT2D eigenvalue weighted by Gasteiger charge is 2.10. The maximum atomic E-state index is 8.71. The van der Waals surface area contributed by atoms with E-state index in [0.29, 0.717) is 22.3 Å². The SMILES string of the molecule is CC(C#N)CC(N)=NC(C)c1ccc(Cl)cc1Cl. The van der Waals surface area contributed by atoms with E-state index in [2.05, 4.69) is 11.1 Å². The van der Waals surface area contributed by atoms with Crippen LogP contribution >= 0.6 is 23.2 Å². The van der Waals surface area contributed by atoms with Crippen molar-refractivity contribution in [2.45, 2.75) is 26.3 Å². The van der Waals surface area contributed by atoms with Crippen LogP contribution in [-0.2, 0) is 0 Å². The predicted octanol–water partition coefficient (Wildman–Crippen LogP) is 3.96. The molecule has 0 aromatic heterocycles. The van der Waals surface area contributed by atoms with Crippen molar-refractivity contribution in [1.29, 1.82) is 5.26 Å². The number of aliphatic imine (C=N–C) groups is 1. The molecule has 1 rings (SSSR count). The van der Waals surface area contributed by atoms with Gasteiger partial charge in [-0.2, -0.15) is 5.26 Å². The van der Waals surface area contributed by atoms with Gasteiger partial charge >= 0.3 is 0 Å². The van der Waals surface area contributed by atoms with Crippen LogP contribution in [0.4, 0.5) is 0 Å². The Labute approximate surface area is 117 Å². The zero-order valence-electron chi connectivity index (χ0n) is 10.3. The molecule has 0 amide bonds. The molecule has 0 bridgehead atoms. The molecular formula is C13H15Cl2N3. The van der Waals surface area contributed by atoms with Crippen molar-refractivity contribution < 1.29 is 0 Å². The molecule has 3 nitrogen and oxygen atoms in total. The standard InChI is InChI=1S/C13H15Cl2N3/c1-8(7-16)5-13(17)18-9(2)11-4-3-10(14)6-12(11)15/h3-4,6,8-9H,5H2,1-2H3,(H2,17,18). The van der Waals surface area contributed by atoms with E-state index in [1.807, 2.05) is 19.9 Å². The van der Waals surface area contributed by atoms with Gasteiger partial charge in [0.15, 0.2) is 0 Å². The van der Waals surface area contributed by atoms with E-state index in [1.165, 1.54) is 0 Å². The van der Waals surface area contributed by atoms with Crippen molar-refractivity contribution in [2.24, 2.45) is 16.6 Å². The van der Waals surface area contributed by atoms with Crippen molar-refractivity contribution in [2.75, 3.05) is 0 Å². The van der Waals surface area contributed by atoms with Crippen LogP contribution in [0.15, 0.2) is 23.2 Å². The lowest BCUT2D eigenvalue weighted by molar-refractivity contribution is 0.754. The third-order valence-electron chi connectivity index (χ3n) is 2.51. The summed E-state index contributed by atoms with van der Waals surface area (Å²) < 4.78 is 0. The van der Waals surface area contributed by atoms with E-state index in [1.54, 1.807) is 12.1 Å². The lowest BCUT2D eigenvalue weighted by atomic mass is 10.1. The summed E-state index contributed by atoms with van der Waals surface area (Å²) >= 11 is 11.9. The van der Waals surface area contributed by atoms with E-state index < -0.39 is 0 Å². The number of hydrogen-bond acceptors (Lipinski definition) is 2. The second-order valence-corrected chi connectivity index (χ2v) is 5.04. The number of nitrogens with two attached hydrogens (primary N) is 1. The summed E-state index contributed by atoms with van der Waals surface area (Å²) in [6.45, 7) is 3.71. The molecule has 0 radical (unpaired) electrons. The third kappa shape index (κ3) is 4.21. The average molecular weight is 284 g/mol. The molecule has 0 spiro atoms. The molecule has 2 atom stereocenters. The van der Waals surface area contributed by atoms with Crippen molar-refractivity contribution in [3.8, 4) is 6.07 Å². The number of rotatable bonds is 4. The minimum Gasteiger partial charge on any atom is -0.387 e. The summed E-state index contributed by atoms with van der Waals surface area (Å²) in [6.07, 6.45) is 0.464. The second-order valence-electron chi connectivity index (χ2n) is 4.20. The summed E-state index contributed by atoms with van der Waals surface area (Å²) in [5.74, 6) is 0.323. The number of hydrogen-bond donors (Lipinski definition) is 1. The van der Waals surface area contributed by atoms with Gasteiger partial charge in [-0.05, 0) is 31.5 Å². The summed E-state index contributed by atoms with van der Waals surface area (Å²) in [5.41, 5.74) is 6.67. The first kappa shape index (κ1) is 14.8. The predicted molar refractivity (Wildman–Crippen MR) is 75.9 cm³/mol. The van der Waals surface area contributed by atoms with Gasteiger partial charge in [0.05, 0.1) is 23.9 Å². The van der Waals surface area contributed by atoms with Gasteiger partial charge in [0.25, 0.3) is 0 Å². The lowest BCUT2D eigenvalue weighted by Gasteiger charge is -2.11. The van der Waals surface area contributed by atoms with E-state index in [0.717, 1.165) is 5.56 Å². The Hall–Kier alpha value is -1.24. The summed E-state index contributed by atoms with van der Waals surface area (Å²) in [7, 11) is 0. The molecule has 2 N–H and O–H groups in total. The first-order valence-corrected chi connectivity index (χ1v) is 6.36. The topological polar surface area (TPSA) is 62.2 Å². The summed E-state index contributed by atoms with van der Waals surface area (Å²) in [6, 6.07) is 7.25. The molecule has 0 heterocycles. The molecule has 0 aliphatic carbocycles. The Kier molecular flexibility index (Phi) is 5.46. The molecule has 18 heavy (non-hydrogen) atoms. The molecule has 1 aromatic rings. The smallest absolute Gasteiger partial charge is 0.0957 e. The van der Waals surface area contributed by atoms with Gasteiger partial charge in [-0.25, -0.2) is 0 Å². The fraction of sp³-hybridized carbons (Fsp3) is 0.385. The lowest BCUT2D eigenvalue weighted by Crippen LogP contribution is -2.16. The van der Waals surface area contributed by atoms with E-state index in [4.69, 9.17) is 34.2 Å². The minimum absolute atomic E-state index is 0.137. The molecule has 0 aliphatic rings. The van der Waals surface area contributed by atoms with Crippen LogP contribution in [0, 0.1) is 17.2 Å². The second kappa shape index (κ2) is 6.63. The zero-order chi connectivity index (χ0) is 13.7. The van der Waals surface area contributed by atoms with Crippen LogP contribution in [0.2, 0.25) is 10.0 Å².